The second-order valence-electron chi connectivity index (χ2n) is 0. The van der Waals surface area contributed by atoms with E-state index in [2.05, 4.69) is 0 Å². The standard InChI is InChI=1S/2CH4.2Ag/h2*1H4;;. The summed E-state index contributed by atoms with van der Waals surface area (Å²) < 4.78 is 0. The molecule has 2 radical (unpaired) electrons. The third kappa shape index (κ3) is 9.77. The van der Waals surface area contributed by atoms with E-state index in [1.54, 1.807) is 0 Å². The molecule has 2 heteroatoms. The minimum atomic E-state index is 0. The van der Waals surface area contributed by atoms with Crippen LogP contribution in [0.2, 0.25) is 0 Å². The molecule has 0 aromatic heterocycles. The molecule has 0 saturated carbocycles. The van der Waals surface area contributed by atoms with Gasteiger partial charge in [0.05, 0.1) is 0 Å². The van der Waals surface area contributed by atoms with Gasteiger partial charge in [0.2, 0.25) is 0 Å². The maximum atomic E-state index is 0. The predicted molar refractivity (Wildman–Crippen MR) is 13.5 cm³/mol. The summed E-state index contributed by atoms with van der Waals surface area (Å²) in [5.41, 5.74) is 0. The molecule has 0 aromatic rings. The molecule has 0 nitrogen and oxygen atoms in total. The van der Waals surface area contributed by atoms with Crippen molar-refractivity contribution >= 4 is 0 Å². The van der Waals surface area contributed by atoms with Crippen molar-refractivity contribution in [2.45, 2.75) is 14.9 Å². The molecule has 0 aliphatic rings. The van der Waals surface area contributed by atoms with Gasteiger partial charge in [-0.15, -0.1) is 0 Å². The molecule has 0 spiro atoms. The summed E-state index contributed by atoms with van der Waals surface area (Å²) in [6.45, 7) is 0. The van der Waals surface area contributed by atoms with Gasteiger partial charge in [-0.3, -0.25) is 0 Å². The van der Waals surface area contributed by atoms with Crippen LogP contribution in [-0.2, 0) is 44.8 Å². The Morgan fingerprint density at radius 2 is 0.500 bits per heavy atom. The average molecular weight is 248 g/mol. The Labute approximate surface area is 59.4 Å². The van der Waals surface area contributed by atoms with Gasteiger partial charge in [0.25, 0.3) is 0 Å². The van der Waals surface area contributed by atoms with Crippen LogP contribution in [0, 0.1) is 0 Å². The average Bonchev–Trinajstić information content (AvgIpc) is 0. The first kappa shape index (κ1) is 50.2. The molecule has 38 valence electrons. The van der Waals surface area contributed by atoms with Crippen molar-refractivity contribution in [3.8, 4) is 0 Å². The van der Waals surface area contributed by atoms with Gasteiger partial charge in [-0.05, 0) is 0 Å². The second-order valence-corrected chi connectivity index (χ2v) is 0. The van der Waals surface area contributed by atoms with Crippen molar-refractivity contribution in [1.29, 1.82) is 0 Å². The normalized spacial score (nSPS) is 0. The van der Waals surface area contributed by atoms with E-state index in [9.17, 15) is 0 Å². The third-order valence-corrected chi connectivity index (χ3v) is 0. The van der Waals surface area contributed by atoms with Crippen LogP contribution >= 0.6 is 0 Å². The van der Waals surface area contributed by atoms with Crippen LogP contribution in [0.15, 0.2) is 0 Å². The molecule has 0 rings (SSSR count). The van der Waals surface area contributed by atoms with Crippen LogP contribution in [0.3, 0.4) is 0 Å². The summed E-state index contributed by atoms with van der Waals surface area (Å²) in [5, 5.41) is 0. The van der Waals surface area contributed by atoms with Gasteiger partial charge in [-0.1, -0.05) is 14.9 Å². The molecule has 0 N–H and O–H groups in total. The zero-order valence-electron chi connectivity index (χ0n) is 0.603. The van der Waals surface area contributed by atoms with Gasteiger partial charge in [-0.25, -0.2) is 0 Å². The first-order chi connectivity index (χ1) is 0. The van der Waals surface area contributed by atoms with E-state index < -0.39 is 0 Å². The number of hydrogen-bond acceptors (Lipinski definition) is 0. The minimum absolute atomic E-state index is 0. The van der Waals surface area contributed by atoms with Crippen LogP contribution in [0.5, 0.6) is 0 Å². The molecule has 0 aromatic carbocycles. The fourth-order valence-electron chi connectivity index (χ4n) is 0. The first-order valence-corrected chi connectivity index (χ1v) is 0. The predicted octanol–water partition coefficient (Wildman–Crippen LogP) is 1.27. The molecule has 0 heterocycles. The van der Waals surface area contributed by atoms with Crippen molar-refractivity contribution < 1.29 is 44.8 Å². The van der Waals surface area contributed by atoms with Crippen LogP contribution in [0.1, 0.15) is 14.9 Å². The second kappa shape index (κ2) is 24.8. The molecule has 4 heavy (non-hydrogen) atoms. The molecule has 0 aliphatic heterocycles. The van der Waals surface area contributed by atoms with Gasteiger partial charge in [0.1, 0.15) is 0 Å². The Hall–Kier alpha value is 1.48. The molecule has 0 aliphatic carbocycles. The molecule has 0 saturated heterocycles. The summed E-state index contributed by atoms with van der Waals surface area (Å²) >= 11 is 0. The Balaban J connectivity index is 0. The monoisotopic (exact) mass is 246 g/mol. The van der Waals surface area contributed by atoms with Gasteiger partial charge >= 0.3 is 0 Å². The summed E-state index contributed by atoms with van der Waals surface area (Å²) in [5.74, 6) is 0. The van der Waals surface area contributed by atoms with E-state index in [1.165, 1.54) is 0 Å². The Kier molecular flexibility index (Phi) is 311. The van der Waals surface area contributed by atoms with Gasteiger partial charge in [0.15, 0.2) is 0 Å². The molecule has 0 unspecified atom stereocenters. The van der Waals surface area contributed by atoms with E-state index >= 15 is 0 Å². The fraction of sp³-hybridized carbons (Fsp3) is 1.00. The van der Waals surface area contributed by atoms with E-state index in [0.717, 1.165) is 0 Å². The van der Waals surface area contributed by atoms with Gasteiger partial charge in [-0.2, -0.15) is 0 Å². The fourth-order valence-corrected chi connectivity index (χ4v) is 0. The van der Waals surface area contributed by atoms with Crippen molar-refractivity contribution in [1.82, 2.24) is 0 Å². The van der Waals surface area contributed by atoms with Crippen LogP contribution in [0.25, 0.3) is 0 Å². The van der Waals surface area contributed by atoms with E-state index in [0.29, 0.717) is 0 Å². The maximum Gasteiger partial charge on any atom is 0 e. The number of hydrogen-bond donors (Lipinski definition) is 0. The molecule has 0 fully saturated rings. The smallest absolute Gasteiger partial charge is 0 e. The number of rotatable bonds is 0. The summed E-state index contributed by atoms with van der Waals surface area (Å²) in [6, 6.07) is 0. The van der Waals surface area contributed by atoms with E-state index in [-0.39, 0.29) is 59.6 Å². The van der Waals surface area contributed by atoms with Gasteiger partial charge in [0, 0.05) is 44.8 Å². The van der Waals surface area contributed by atoms with Crippen LogP contribution in [0.4, 0.5) is 0 Å². The third-order valence-electron chi connectivity index (χ3n) is 0. The summed E-state index contributed by atoms with van der Waals surface area (Å²) in [6.07, 6.45) is 0. The largest absolute Gasteiger partial charge is 0.0776 e. The minimum Gasteiger partial charge on any atom is -0.0776 e. The van der Waals surface area contributed by atoms with E-state index in [1.807, 2.05) is 0 Å². The molecular weight excluding hydrogens is 240 g/mol. The van der Waals surface area contributed by atoms with E-state index in [4.69, 9.17) is 0 Å². The van der Waals surface area contributed by atoms with Gasteiger partial charge < -0.3 is 0 Å². The van der Waals surface area contributed by atoms with Crippen molar-refractivity contribution in [2.24, 2.45) is 0 Å². The zero-order chi connectivity index (χ0) is 0. The molecule has 0 amide bonds. The van der Waals surface area contributed by atoms with Crippen LogP contribution in [-0.4, -0.2) is 0 Å². The molecule has 0 atom stereocenters. The van der Waals surface area contributed by atoms with Crippen LogP contribution < -0.4 is 0 Å². The summed E-state index contributed by atoms with van der Waals surface area (Å²) in [4.78, 5) is 0. The topological polar surface area (TPSA) is 0 Å². The molecule has 0 bridgehead atoms. The van der Waals surface area contributed by atoms with Crippen molar-refractivity contribution in [3.05, 3.63) is 0 Å². The quantitative estimate of drug-likeness (QED) is 0.566. The SMILES string of the molecule is C.C.[Ag].[Ag]. The maximum absolute atomic E-state index is 0. The van der Waals surface area contributed by atoms with Crippen molar-refractivity contribution in [3.63, 3.8) is 0 Å². The summed E-state index contributed by atoms with van der Waals surface area (Å²) in [7, 11) is 0. The zero-order valence-corrected chi connectivity index (χ0v) is 3.57. The Morgan fingerprint density at radius 1 is 0.500 bits per heavy atom. The Morgan fingerprint density at radius 3 is 0.500 bits per heavy atom. The van der Waals surface area contributed by atoms with Crippen molar-refractivity contribution in [2.75, 3.05) is 0 Å². The first-order valence-electron chi connectivity index (χ1n) is 0. The molecular formula is C2H8Ag2. The Bertz CT molecular complexity index is 4.00.